The van der Waals surface area contributed by atoms with E-state index in [0.29, 0.717) is 46.5 Å². The summed E-state index contributed by atoms with van der Waals surface area (Å²) in [5.41, 5.74) is 6.74. The molecule has 11 heteroatoms. The summed E-state index contributed by atoms with van der Waals surface area (Å²) in [6.07, 6.45) is -6.17. The number of likely N-dealkylation sites (N-methyl/N-ethyl adjacent to an activating group) is 1. The van der Waals surface area contributed by atoms with E-state index in [1.807, 2.05) is 0 Å². The zero-order valence-electron chi connectivity index (χ0n) is 14.3. The number of nitrogen functional groups attached to an aromatic ring is 1. The van der Waals surface area contributed by atoms with Crippen molar-refractivity contribution in [2.45, 2.75) is 25.1 Å². The molecule has 0 aliphatic carbocycles. The van der Waals surface area contributed by atoms with Crippen LogP contribution in [0, 0.1) is 0 Å². The van der Waals surface area contributed by atoms with Crippen LogP contribution >= 0.6 is 23.2 Å². The quantitative estimate of drug-likeness (QED) is 0.710. The Morgan fingerprint density at radius 1 is 1.26 bits per heavy atom. The maximum Gasteiger partial charge on any atom is 0.415 e. The second-order valence-electron chi connectivity index (χ2n) is 5.99. The molecule has 0 fully saturated rings. The van der Waals surface area contributed by atoms with Crippen molar-refractivity contribution in [3.63, 3.8) is 0 Å². The standard InChI is InChI=1S/C16H18Cl2F3N5O/c1-26(8-11(27)16(19,20)21)7-3-6-12-23-15(22)14(25-24-12)9-4-2-5-10(17)13(9)18/h2,4-5,11,27H,3,6-8H2,1H3,(H2,22,23,24)/t11-/m0/s1. The molecule has 0 amide bonds. The Morgan fingerprint density at radius 3 is 2.59 bits per heavy atom. The predicted octanol–water partition coefficient (Wildman–Crippen LogP) is 3.22. The molecule has 148 valence electrons. The zero-order valence-corrected chi connectivity index (χ0v) is 15.9. The molecule has 3 N–H and O–H groups in total. The number of hydrogen-bond donors (Lipinski definition) is 2. The monoisotopic (exact) mass is 423 g/mol. The Labute approximate surface area is 164 Å². The molecule has 6 nitrogen and oxygen atoms in total. The topological polar surface area (TPSA) is 88.2 Å². The van der Waals surface area contributed by atoms with Crippen LogP contribution in [-0.4, -0.2) is 57.6 Å². The Hall–Kier alpha value is -1.68. The van der Waals surface area contributed by atoms with Gasteiger partial charge < -0.3 is 15.7 Å². The van der Waals surface area contributed by atoms with E-state index in [9.17, 15) is 13.2 Å². The fourth-order valence-corrected chi connectivity index (χ4v) is 2.74. The summed E-state index contributed by atoms with van der Waals surface area (Å²) in [4.78, 5) is 5.56. The number of aliphatic hydroxyl groups excluding tert-OH is 1. The number of nitrogens with two attached hydrogens (primary N) is 1. The zero-order chi connectivity index (χ0) is 20.2. The van der Waals surface area contributed by atoms with Crippen molar-refractivity contribution in [1.82, 2.24) is 20.1 Å². The van der Waals surface area contributed by atoms with Crippen molar-refractivity contribution in [2.75, 3.05) is 25.9 Å². The third-order valence-electron chi connectivity index (χ3n) is 3.77. The molecule has 1 aromatic heterocycles. The van der Waals surface area contributed by atoms with Gasteiger partial charge in [0.15, 0.2) is 17.7 Å². The van der Waals surface area contributed by atoms with Crippen LogP contribution in [0.25, 0.3) is 11.3 Å². The molecule has 27 heavy (non-hydrogen) atoms. The molecule has 0 unspecified atom stereocenters. The SMILES string of the molecule is CN(CCCc1nnc(-c2cccc(Cl)c2Cl)c(N)n1)C[C@H](O)C(F)(F)F. The lowest BCUT2D eigenvalue weighted by Crippen LogP contribution is -2.39. The molecule has 0 aliphatic rings. The lowest BCUT2D eigenvalue weighted by molar-refractivity contribution is -0.207. The number of rotatable bonds is 7. The van der Waals surface area contributed by atoms with Crippen molar-refractivity contribution in [2.24, 2.45) is 0 Å². The minimum atomic E-state index is -4.63. The number of hydrogen-bond acceptors (Lipinski definition) is 6. The van der Waals surface area contributed by atoms with Gasteiger partial charge in [0.05, 0.1) is 10.0 Å². The van der Waals surface area contributed by atoms with Crippen molar-refractivity contribution in [3.05, 3.63) is 34.1 Å². The average Bonchev–Trinajstić information content (AvgIpc) is 2.57. The van der Waals surface area contributed by atoms with Gasteiger partial charge in [-0.2, -0.15) is 13.2 Å². The third kappa shape index (κ3) is 5.90. The lowest BCUT2D eigenvalue weighted by atomic mass is 10.1. The molecular formula is C16H18Cl2F3N5O. The van der Waals surface area contributed by atoms with Gasteiger partial charge in [0, 0.05) is 18.5 Å². The minimum absolute atomic E-state index is 0.130. The largest absolute Gasteiger partial charge is 0.415 e. The van der Waals surface area contributed by atoms with Crippen LogP contribution < -0.4 is 5.73 Å². The first-order valence-electron chi connectivity index (χ1n) is 7.96. The van der Waals surface area contributed by atoms with E-state index >= 15 is 0 Å². The Morgan fingerprint density at radius 2 is 1.96 bits per heavy atom. The second kappa shape index (κ2) is 9.01. The summed E-state index contributed by atoms with van der Waals surface area (Å²) >= 11 is 12.1. The number of benzene rings is 1. The van der Waals surface area contributed by atoms with Crippen molar-refractivity contribution in [1.29, 1.82) is 0 Å². The average molecular weight is 424 g/mol. The molecule has 1 aromatic carbocycles. The first-order valence-corrected chi connectivity index (χ1v) is 8.72. The number of aromatic nitrogens is 3. The van der Waals surface area contributed by atoms with Gasteiger partial charge in [0.25, 0.3) is 0 Å². The van der Waals surface area contributed by atoms with E-state index in [-0.39, 0.29) is 5.82 Å². The molecule has 0 radical (unpaired) electrons. The number of halogens is 5. The van der Waals surface area contributed by atoms with Crippen LogP contribution in [0.15, 0.2) is 18.2 Å². The smallest absolute Gasteiger partial charge is 0.382 e. The van der Waals surface area contributed by atoms with E-state index in [4.69, 9.17) is 34.0 Å². The van der Waals surface area contributed by atoms with Gasteiger partial charge in [-0.1, -0.05) is 35.3 Å². The highest BCUT2D eigenvalue weighted by molar-refractivity contribution is 6.43. The summed E-state index contributed by atoms with van der Waals surface area (Å²) in [7, 11) is 1.49. The molecule has 2 rings (SSSR count). The van der Waals surface area contributed by atoms with E-state index in [0.717, 1.165) is 0 Å². The summed E-state index contributed by atoms with van der Waals surface area (Å²) < 4.78 is 37.0. The first-order chi connectivity index (χ1) is 12.6. The maximum atomic E-state index is 12.3. The highest BCUT2D eigenvalue weighted by Gasteiger charge is 2.38. The minimum Gasteiger partial charge on any atom is -0.382 e. The van der Waals surface area contributed by atoms with E-state index < -0.39 is 18.8 Å². The van der Waals surface area contributed by atoms with Gasteiger partial charge in [-0.15, -0.1) is 10.2 Å². The fourth-order valence-electron chi connectivity index (χ4n) is 2.35. The molecule has 0 bridgehead atoms. The lowest BCUT2D eigenvalue weighted by Gasteiger charge is -2.21. The number of aliphatic hydroxyl groups is 1. The Bertz CT molecular complexity index is 791. The summed E-state index contributed by atoms with van der Waals surface area (Å²) in [5.74, 6) is 0.490. The summed E-state index contributed by atoms with van der Waals surface area (Å²) in [6, 6.07) is 5.02. The van der Waals surface area contributed by atoms with Crippen LogP contribution in [-0.2, 0) is 6.42 Å². The number of alkyl halides is 3. The molecule has 1 atom stereocenters. The van der Waals surface area contributed by atoms with E-state index in [2.05, 4.69) is 15.2 Å². The maximum absolute atomic E-state index is 12.3. The van der Waals surface area contributed by atoms with Crippen LogP contribution in [0.3, 0.4) is 0 Å². The second-order valence-corrected chi connectivity index (χ2v) is 6.77. The molecular weight excluding hydrogens is 406 g/mol. The Kier molecular flexibility index (Phi) is 7.21. The third-order valence-corrected chi connectivity index (χ3v) is 4.59. The van der Waals surface area contributed by atoms with Crippen LogP contribution in [0.4, 0.5) is 19.0 Å². The van der Waals surface area contributed by atoms with Crippen molar-refractivity contribution < 1.29 is 18.3 Å². The van der Waals surface area contributed by atoms with Gasteiger partial charge in [0.2, 0.25) is 0 Å². The van der Waals surface area contributed by atoms with E-state index in [1.54, 1.807) is 18.2 Å². The van der Waals surface area contributed by atoms with Crippen molar-refractivity contribution >= 4 is 29.0 Å². The molecule has 0 aliphatic heterocycles. The number of nitrogens with zero attached hydrogens (tertiary/aromatic N) is 4. The highest BCUT2D eigenvalue weighted by atomic mass is 35.5. The van der Waals surface area contributed by atoms with Crippen LogP contribution in [0.5, 0.6) is 0 Å². The van der Waals surface area contributed by atoms with Crippen LogP contribution in [0.2, 0.25) is 10.0 Å². The summed E-state index contributed by atoms with van der Waals surface area (Å²) in [5, 5.41) is 17.7. The van der Waals surface area contributed by atoms with Gasteiger partial charge in [-0.25, -0.2) is 4.98 Å². The predicted molar refractivity (Wildman–Crippen MR) is 97.6 cm³/mol. The normalized spacial score (nSPS) is 13.2. The summed E-state index contributed by atoms with van der Waals surface area (Å²) in [6.45, 7) is -0.185. The van der Waals surface area contributed by atoms with Gasteiger partial charge in [-0.3, -0.25) is 0 Å². The number of aryl methyl sites for hydroxylation is 1. The molecule has 0 saturated heterocycles. The van der Waals surface area contributed by atoms with Gasteiger partial charge in [-0.05, 0) is 26.1 Å². The fraction of sp³-hybridized carbons (Fsp3) is 0.438. The molecule has 1 heterocycles. The highest BCUT2D eigenvalue weighted by Crippen LogP contribution is 2.34. The molecule has 0 spiro atoms. The molecule has 2 aromatic rings. The van der Waals surface area contributed by atoms with Crippen molar-refractivity contribution in [3.8, 4) is 11.3 Å². The van der Waals surface area contributed by atoms with Crippen LogP contribution in [0.1, 0.15) is 12.2 Å². The van der Waals surface area contributed by atoms with E-state index in [1.165, 1.54) is 11.9 Å². The number of anilines is 1. The molecule has 0 saturated carbocycles. The first kappa shape index (κ1) is 21.6. The Balaban J connectivity index is 1.96. The van der Waals surface area contributed by atoms with Gasteiger partial charge >= 0.3 is 6.18 Å². The van der Waals surface area contributed by atoms with Gasteiger partial charge in [0.1, 0.15) is 5.69 Å².